The van der Waals surface area contributed by atoms with Crippen molar-refractivity contribution in [2.45, 2.75) is 169 Å². The lowest BCUT2D eigenvalue weighted by Crippen LogP contribution is -2.43. The summed E-state index contributed by atoms with van der Waals surface area (Å²) in [6.45, 7) is 11.8. The van der Waals surface area contributed by atoms with Gasteiger partial charge in [-0.1, -0.05) is 150 Å². The zero-order valence-corrected chi connectivity index (χ0v) is 23.5. The Morgan fingerprint density at radius 3 is 1.03 bits per heavy atom. The fraction of sp³-hybridized carbons (Fsp3) is 0.935. The Bertz CT molecular complexity index is 431. The summed E-state index contributed by atoms with van der Waals surface area (Å²) in [4.78, 5) is 5.23. The fourth-order valence-corrected chi connectivity index (χ4v) is 5.46. The molecular weight excluding hydrogens is 400 g/mol. The van der Waals surface area contributed by atoms with Gasteiger partial charge < -0.3 is 9.80 Å². The average Bonchev–Trinajstić information content (AvgIpc) is 3.21. The molecule has 1 rings (SSSR count). The van der Waals surface area contributed by atoms with Crippen LogP contribution >= 0.6 is 0 Å². The Kier molecular flexibility index (Phi) is 20.1. The minimum atomic E-state index is 0.590. The second kappa shape index (κ2) is 21.8. The third kappa shape index (κ3) is 15.8. The van der Waals surface area contributed by atoms with Crippen molar-refractivity contribution in [2.24, 2.45) is 5.92 Å². The van der Waals surface area contributed by atoms with Gasteiger partial charge >= 0.3 is 0 Å². The molecule has 0 spiro atoms. The molecule has 0 radical (unpaired) electrons. The molecule has 0 fully saturated rings. The van der Waals surface area contributed by atoms with Crippen LogP contribution in [0.3, 0.4) is 0 Å². The van der Waals surface area contributed by atoms with E-state index in [-0.39, 0.29) is 0 Å². The van der Waals surface area contributed by atoms with Crippen molar-refractivity contribution in [3.05, 3.63) is 12.4 Å². The van der Waals surface area contributed by atoms with E-state index in [9.17, 15) is 0 Å². The first-order chi connectivity index (χ1) is 16.2. The maximum absolute atomic E-state index is 2.62. The fourth-order valence-electron chi connectivity index (χ4n) is 5.46. The van der Waals surface area contributed by atoms with Gasteiger partial charge in [0.2, 0.25) is 0 Å². The van der Waals surface area contributed by atoms with Crippen LogP contribution in [0.25, 0.3) is 0 Å². The van der Waals surface area contributed by atoms with Crippen LogP contribution in [0, 0.1) is 5.92 Å². The minimum absolute atomic E-state index is 0.590. The van der Waals surface area contributed by atoms with Crippen molar-refractivity contribution in [3.8, 4) is 0 Å². The van der Waals surface area contributed by atoms with Crippen LogP contribution in [0.4, 0.5) is 0 Å². The molecule has 1 aliphatic heterocycles. The van der Waals surface area contributed by atoms with Gasteiger partial charge in [-0.2, -0.15) is 0 Å². The second-order valence-corrected chi connectivity index (χ2v) is 11.1. The Labute approximate surface area is 210 Å². The van der Waals surface area contributed by atoms with E-state index < -0.39 is 0 Å². The Morgan fingerprint density at radius 1 is 0.455 bits per heavy atom. The number of hydrogen-bond donors (Lipinski definition) is 0. The molecule has 0 aromatic rings. The lowest BCUT2D eigenvalue weighted by molar-refractivity contribution is 0.104. The van der Waals surface area contributed by atoms with Gasteiger partial charge in [-0.15, -0.1) is 0 Å². The lowest BCUT2D eigenvalue weighted by Gasteiger charge is -2.36. The van der Waals surface area contributed by atoms with Crippen LogP contribution < -0.4 is 0 Å². The smallest absolute Gasteiger partial charge is 0.103 e. The predicted octanol–water partition coefficient (Wildman–Crippen LogP) is 10.3. The van der Waals surface area contributed by atoms with Gasteiger partial charge in [-0.05, 0) is 18.8 Å². The average molecular weight is 463 g/mol. The Balaban J connectivity index is 1.91. The third-order valence-corrected chi connectivity index (χ3v) is 7.52. The van der Waals surface area contributed by atoms with Crippen LogP contribution in [0.1, 0.15) is 163 Å². The molecule has 0 saturated heterocycles. The van der Waals surface area contributed by atoms with Crippen molar-refractivity contribution >= 4 is 0 Å². The normalized spacial score (nSPS) is 16.0. The van der Waals surface area contributed by atoms with Gasteiger partial charge in [0.1, 0.15) is 6.17 Å². The van der Waals surface area contributed by atoms with Gasteiger partial charge in [0.25, 0.3) is 0 Å². The molecule has 196 valence electrons. The number of hydrogen-bond acceptors (Lipinski definition) is 2. The molecule has 0 aromatic carbocycles. The van der Waals surface area contributed by atoms with Crippen LogP contribution in [0.15, 0.2) is 12.4 Å². The molecule has 1 atom stereocenters. The summed E-state index contributed by atoms with van der Waals surface area (Å²) in [6, 6.07) is 0. The molecule has 0 aromatic heterocycles. The van der Waals surface area contributed by atoms with E-state index in [0.717, 1.165) is 0 Å². The molecule has 2 nitrogen and oxygen atoms in total. The van der Waals surface area contributed by atoms with Gasteiger partial charge in [0.05, 0.1) is 0 Å². The number of nitrogens with zero attached hydrogens (tertiary/aromatic N) is 2. The summed E-state index contributed by atoms with van der Waals surface area (Å²) < 4.78 is 0. The Hall–Kier alpha value is -0.660. The molecule has 1 aliphatic rings. The van der Waals surface area contributed by atoms with E-state index in [1.165, 1.54) is 148 Å². The van der Waals surface area contributed by atoms with E-state index in [2.05, 4.69) is 49.9 Å². The predicted molar refractivity (Wildman–Crippen MR) is 149 cm³/mol. The number of unbranched alkanes of at least 4 members (excludes halogenated alkanes) is 19. The zero-order chi connectivity index (χ0) is 24.0. The third-order valence-electron chi connectivity index (χ3n) is 7.52. The molecule has 33 heavy (non-hydrogen) atoms. The van der Waals surface area contributed by atoms with E-state index in [1.807, 2.05) is 0 Å². The van der Waals surface area contributed by atoms with E-state index in [0.29, 0.717) is 12.1 Å². The lowest BCUT2D eigenvalue weighted by atomic mass is 10.0. The van der Waals surface area contributed by atoms with E-state index >= 15 is 0 Å². The summed E-state index contributed by atoms with van der Waals surface area (Å²) >= 11 is 0. The molecule has 0 N–H and O–H groups in total. The summed E-state index contributed by atoms with van der Waals surface area (Å²) in [5, 5.41) is 0. The van der Waals surface area contributed by atoms with Gasteiger partial charge in [-0.25, -0.2) is 0 Å². The first kappa shape index (κ1) is 30.4. The molecule has 0 aliphatic carbocycles. The highest BCUT2D eigenvalue weighted by molar-refractivity contribution is 4.98. The van der Waals surface area contributed by atoms with Crippen molar-refractivity contribution in [3.63, 3.8) is 0 Å². The molecule has 0 bridgehead atoms. The molecule has 1 heterocycles. The van der Waals surface area contributed by atoms with Crippen LogP contribution in [0.5, 0.6) is 0 Å². The van der Waals surface area contributed by atoms with Crippen molar-refractivity contribution in [1.82, 2.24) is 9.80 Å². The van der Waals surface area contributed by atoms with Crippen molar-refractivity contribution < 1.29 is 0 Å². The molecule has 0 amide bonds. The van der Waals surface area contributed by atoms with Crippen molar-refractivity contribution in [1.29, 1.82) is 0 Å². The van der Waals surface area contributed by atoms with Gasteiger partial charge in [-0.3, -0.25) is 0 Å². The van der Waals surface area contributed by atoms with Gasteiger partial charge in [0, 0.05) is 25.5 Å². The first-order valence-corrected chi connectivity index (χ1v) is 15.4. The molecule has 2 heteroatoms. The highest BCUT2D eigenvalue weighted by atomic mass is 15.4. The highest BCUT2D eigenvalue weighted by Gasteiger charge is 2.28. The monoisotopic (exact) mass is 462 g/mol. The maximum atomic E-state index is 2.62. The topological polar surface area (TPSA) is 6.48 Å². The van der Waals surface area contributed by atoms with Gasteiger partial charge in [0.15, 0.2) is 0 Å². The van der Waals surface area contributed by atoms with Crippen LogP contribution in [-0.2, 0) is 0 Å². The molecule has 0 saturated carbocycles. The second-order valence-electron chi connectivity index (χ2n) is 11.1. The first-order valence-electron chi connectivity index (χ1n) is 15.4. The number of rotatable bonds is 24. The SMILES string of the molecule is CCCCCCCCCCCCCCCCCCCN1C=CN(CCCCCC)C1C(C)C. The summed E-state index contributed by atoms with van der Waals surface area (Å²) in [5.41, 5.74) is 0. The minimum Gasteiger partial charge on any atom is -0.356 e. The van der Waals surface area contributed by atoms with E-state index in [1.54, 1.807) is 0 Å². The standard InChI is InChI=1S/C31H62N2/c1-5-7-9-11-12-13-14-15-16-17-18-19-20-21-22-23-25-27-33-29-28-32(31(33)30(3)4)26-24-10-8-6-2/h28-31H,5-27H2,1-4H3. The highest BCUT2D eigenvalue weighted by Crippen LogP contribution is 2.24. The maximum Gasteiger partial charge on any atom is 0.103 e. The molecule has 1 unspecified atom stereocenters. The summed E-state index contributed by atoms with van der Waals surface area (Å²) in [5.74, 6) is 0.692. The Morgan fingerprint density at radius 2 is 0.727 bits per heavy atom. The van der Waals surface area contributed by atoms with Crippen LogP contribution in [0.2, 0.25) is 0 Å². The van der Waals surface area contributed by atoms with Crippen molar-refractivity contribution in [2.75, 3.05) is 13.1 Å². The largest absolute Gasteiger partial charge is 0.356 e. The summed E-state index contributed by atoms with van der Waals surface area (Å²) in [6.07, 6.45) is 35.4. The van der Waals surface area contributed by atoms with E-state index in [4.69, 9.17) is 0 Å². The molecular formula is C31H62N2. The quantitative estimate of drug-likeness (QED) is 0.132. The van der Waals surface area contributed by atoms with Crippen LogP contribution in [-0.4, -0.2) is 29.1 Å². The summed E-state index contributed by atoms with van der Waals surface area (Å²) in [7, 11) is 0. The zero-order valence-electron chi connectivity index (χ0n) is 23.5.